The Kier molecular flexibility index (Phi) is 3.01. The van der Waals surface area contributed by atoms with Gasteiger partial charge in [0.05, 0.1) is 10.0 Å². The predicted octanol–water partition coefficient (Wildman–Crippen LogP) is 2.26. The Labute approximate surface area is 85.8 Å². The van der Waals surface area contributed by atoms with Gasteiger partial charge in [0.2, 0.25) is 0 Å². The average molecular weight is 219 g/mol. The van der Waals surface area contributed by atoms with Gasteiger partial charge in [0.25, 0.3) is 0 Å². The fourth-order valence-electron chi connectivity index (χ4n) is 0.807. The normalized spacial score (nSPS) is 9.77. The van der Waals surface area contributed by atoms with Crippen LogP contribution in [0, 0.1) is 0 Å². The first-order valence-electron chi connectivity index (χ1n) is 3.53. The highest BCUT2D eigenvalue weighted by Crippen LogP contribution is 2.49. The molecule has 0 unspecified atom stereocenters. The topological polar surface area (TPSA) is 55.1 Å². The van der Waals surface area contributed by atoms with Crippen molar-refractivity contribution >= 4 is 29.2 Å². The van der Waals surface area contributed by atoms with Crippen LogP contribution in [0.3, 0.4) is 0 Å². The van der Waals surface area contributed by atoms with E-state index < -0.39 is 6.03 Å². The minimum atomic E-state index is -0.495. The third-order valence-corrected chi connectivity index (χ3v) is 2.50. The highest BCUT2D eigenvalue weighted by Gasteiger charge is 2.22. The standard InChI is InChI=1S/C6H2Cl2.C2H6N2O/c7-5-3-1-2-4(3)6(5)8;1-4-2(3)5/h1-2H;1H3,(H3,3,4,5). The first-order valence-corrected chi connectivity index (χ1v) is 4.29. The zero-order valence-electron chi connectivity index (χ0n) is 6.90. The molecular formula is C8H8Cl2N2O. The van der Waals surface area contributed by atoms with Crippen molar-refractivity contribution in [2.24, 2.45) is 5.73 Å². The summed E-state index contributed by atoms with van der Waals surface area (Å²) in [5, 5.41) is 3.62. The zero-order chi connectivity index (χ0) is 10.0. The third kappa shape index (κ3) is 1.87. The molecule has 70 valence electrons. The number of fused-ring (bicyclic) bond motifs is 1. The molecule has 0 atom stereocenters. The number of carbonyl (C=O) groups is 1. The van der Waals surface area contributed by atoms with E-state index in [0.717, 1.165) is 21.2 Å². The van der Waals surface area contributed by atoms with E-state index in [2.05, 4.69) is 11.1 Å². The summed E-state index contributed by atoms with van der Waals surface area (Å²) >= 11 is 11.3. The molecule has 5 heteroatoms. The first-order chi connectivity index (χ1) is 6.07. The number of rotatable bonds is 0. The molecule has 2 aliphatic carbocycles. The van der Waals surface area contributed by atoms with Crippen molar-refractivity contribution in [3.05, 3.63) is 22.2 Å². The lowest BCUT2D eigenvalue weighted by Gasteiger charge is -2.19. The number of urea groups is 1. The molecule has 2 aliphatic rings. The van der Waals surface area contributed by atoms with E-state index >= 15 is 0 Å². The molecule has 2 rings (SSSR count). The van der Waals surface area contributed by atoms with Gasteiger partial charge in [-0.1, -0.05) is 35.3 Å². The van der Waals surface area contributed by atoms with E-state index in [1.165, 1.54) is 7.05 Å². The van der Waals surface area contributed by atoms with Crippen LogP contribution >= 0.6 is 23.2 Å². The Morgan fingerprint density at radius 2 is 1.62 bits per heavy atom. The fraction of sp³-hybridized carbons (Fsp3) is 0.125. The Hall–Kier alpha value is -0.930. The molecule has 0 radical (unpaired) electrons. The number of hydrogen-bond donors (Lipinski definition) is 2. The summed E-state index contributed by atoms with van der Waals surface area (Å²) in [6, 6.07) is 3.43. The summed E-state index contributed by atoms with van der Waals surface area (Å²) in [5.74, 6) is 0. The summed E-state index contributed by atoms with van der Waals surface area (Å²) in [4.78, 5) is 9.48. The summed E-state index contributed by atoms with van der Waals surface area (Å²) in [5.41, 5.74) is 6.79. The van der Waals surface area contributed by atoms with E-state index in [-0.39, 0.29) is 0 Å². The molecule has 0 spiro atoms. The Morgan fingerprint density at radius 3 is 1.69 bits per heavy atom. The molecule has 0 heterocycles. The maximum absolute atomic E-state index is 9.48. The fourth-order valence-corrected chi connectivity index (χ4v) is 1.34. The van der Waals surface area contributed by atoms with Crippen LogP contribution in [-0.4, -0.2) is 13.1 Å². The summed E-state index contributed by atoms with van der Waals surface area (Å²) in [7, 11) is 1.47. The molecule has 0 aliphatic heterocycles. The van der Waals surface area contributed by atoms with Crippen LogP contribution in [0.5, 0.6) is 0 Å². The van der Waals surface area contributed by atoms with Gasteiger partial charge in [0.15, 0.2) is 0 Å². The molecule has 0 aromatic carbocycles. The largest absolute Gasteiger partial charge is 0.352 e. The number of halogens is 2. The Morgan fingerprint density at radius 1 is 1.31 bits per heavy atom. The predicted molar refractivity (Wildman–Crippen MR) is 54.1 cm³/mol. The zero-order valence-corrected chi connectivity index (χ0v) is 8.41. The van der Waals surface area contributed by atoms with Crippen LogP contribution in [0.25, 0.3) is 11.1 Å². The van der Waals surface area contributed by atoms with Crippen LogP contribution in [0.4, 0.5) is 4.79 Å². The number of nitrogens with one attached hydrogen (secondary N) is 1. The molecule has 3 N–H and O–H groups in total. The number of benzene rings is 1. The van der Waals surface area contributed by atoms with Crippen LogP contribution in [0.15, 0.2) is 12.1 Å². The second-order valence-corrected chi connectivity index (χ2v) is 3.16. The van der Waals surface area contributed by atoms with Gasteiger partial charge in [-0.15, -0.1) is 0 Å². The van der Waals surface area contributed by atoms with Gasteiger partial charge < -0.3 is 11.1 Å². The van der Waals surface area contributed by atoms with Crippen LogP contribution in [0.1, 0.15) is 0 Å². The quantitative estimate of drug-likeness (QED) is 0.701. The molecule has 13 heavy (non-hydrogen) atoms. The van der Waals surface area contributed by atoms with Crippen LogP contribution < -0.4 is 11.1 Å². The molecule has 0 saturated heterocycles. The number of nitrogens with two attached hydrogens (primary N) is 1. The van der Waals surface area contributed by atoms with E-state index in [1.54, 1.807) is 0 Å². The van der Waals surface area contributed by atoms with E-state index in [4.69, 9.17) is 23.2 Å². The lowest BCUT2D eigenvalue weighted by Crippen LogP contribution is -2.24. The first kappa shape index (κ1) is 10.2. The summed E-state index contributed by atoms with van der Waals surface area (Å²) in [6.45, 7) is 0. The van der Waals surface area contributed by atoms with Crippen molar-refractivity contribution in [3.63, 3.8) is 0 Å². The van der Waals surface area contributed by atoms with Crippen LogP contribution in [-0.2, 0) is 0 Å². The number of carbonyl (C=O) groups excluding carboxylic acids is 1. The molecule has 0 saturated carbocycles. The van der Waals surface area contributed by atoms with Gasteiger partial charge in [0.1, 0.15) is 0 Å². The van der Waals surface area contributed by atoms with Crippen molar-refractivity contribution in [1.29, 1.82) is 0 Å². The van der Waals surface area contributed by atoms with Gasteiger partial charge in [-0.25, -0.2) is 4.79 Å². The molecule has 0 fully saturated rings. The lowest BCUT2D eigenvalue weighted by atomic mass is 9.94. The highest BCUT2D eigenvalue weighted by molar-refractivity contribution is 6.49. The van der Waals surface area contributed by atoms with E-state index in [9.17, 15) is 4.79 Å². The summed E-state index contributed by atoms with van der Waals surface area (Å²) < 4.78 is 0. The van der Waals surface area contributed by atoms with Gasteiger partial charge in [-0.2, -0.15) is 0 Å². The van der Waals surface area contributed by atoms with Crippen LogP contribution in [0.2, 0.25) is 10.0 Å². The van der Waals surface area contributed by atoms with Gasteiger partial charge in [-0.05, 0) is 0 Å². The number of amides is 2. The molecule has 0 bridgehead atoms. The van der Waals surface area contributed by atoms with E-state index in [1.807, 2.05) is 12.1 Å². The third-order valence-electron chi connectivity index (χ3n) is 1.62. The van der Waals surface area contributed by atoms with E-state index in [0.29, 0.717) is 0 Å². The molecular weight excluding hydrogens is 211 g/mol. The summed E-state index contributed by atoms with van der Waals surface area (Å²) in [6.07, 6.45) is 0. The monoisotopic (exact) mass is 218 g/mol. The maximum Gasteiger partial charge on any atom is 0.311 e. The minimum Gasteiger partial charge on any atom is -0.352 e. The molecule has 2 amide bonds. The van der Waals surface area contributed by atoms with Crippen molar-refractivity contribution < 1.29 is 4.79 Å². The van der Waals surface area contributed by atoms with Crippen molar-refractivity contribution in [3.8, 4) is 11.1 Å². The Balaban J connectivity index is 0.000000149. The van der Waals surface area contributed by atoms with Gasteiger partial charge in [-0.3, -0.25) is 0 Å². The Bertz CT molecular complexity index is 325. The smallest absolute Gasteiger partial charge is 0.311 e. The lowest BCUT2D eigenvalue weighted by molar-refractivity contribution is 0.251. The van der Waals surface area contributed by atoms with Crippen molar-refractivity contribution in [2.75, 3.05) is 7.05 Å². The second-order valence-electron chi connectivity index (χ2n) is 2.40. The SMILES string of the molecule is CNC(N)=O.Clc1c2ccc-2c1Cl. The second kappa shape index (κ2) is 3.85. The molecule has 0 aromatic heterocycles. The molecule has 0 aromatic rings. The maximum atomic E-state index is 9.48. The number of primary amides is 1. The minimum absolute atomic E-state index is 0.495. The van der Waals surface area contributed by atoms with Gasteiger partial charge in [0, 0.05) is 18.2 Å². The highest BCUT2D eigenvalue weighted by atomic mass is 35.5. The van der Waals surface area contributed by atoms with Crippen molar-refractivity contribution in [2.45, 2.75) is 0 Å². The van der Waals surface area contributed by atoms with Crippen molar-refractivity contribution in [1.82, 2.24) is 5.32 Å². The number of hydrogen-bond acceptors (Lipinski definition) is 1. The average Bonchev–Trinajstić information content (AvgIpc) is 2.04. The molecule has 3 nitrogen and oxygen atoms in total. The van der Waals surface area contributed by atoms with Gasteiger partial charge >= 0.3 is 6.03 Å².